The topological polar surface area (TPSA) is 77.0 Å². The SMILES string of the molecule is CCOCC[N+](CC)(CC)CC.COCCOCCOCCC(=O)[O-]. The molecule has 0 amide bonds. The van der Waals surface area contributed by atoms with Crippen LogP contribution in [0.2, 0.25) is 0 Å². The molecular formula is C18H39NO6. The zero-order valence-electron chi connectivity index (χ0n) is 16.9. The average Bonchev–Trinajstić information content (AvgIpc) is 2.62. The summed E-state index contributed by atoms with van der Waals surface area (Å²) in [6, 6.07) is 0. The third kappa shape index (κ3) is 17.9. The number of carboxylic acid groups (broad SMARTS) is 1. The van der Waals surface area contributed by atoms with Gasteiger partial charge in [-0.2, -0.15) is 0 Å². The van der Waals surface area contributed by atoms with Crippen LogP contribution in [0.3, 0.4) is 0 Å². The Hall–Kier alpha value is -0.730. The highest BCUT2D eigenvalue weighted by atomic mass is 16.5. The molecule has 0 saturated heterocycles. The first-order valence-electron chi connectivity index (χ1n) is 9.28. The van der Waals surface area contributed by atoms with Crippen LogP contribution in [0.4, 0.5) is 0 Å². The van der Waals surface area contributed by atoms with E-state index in [9.17, 15) is 9.90 Å². The van der Waals surface area contributed by atoms with Gasteiger partial charge < -0.3 is 33.3 Å². The highest BCUT2D eigenvalue weighted by Gasteiger charge is 2.19. The molecule has 0 aliphatic carbocycles. The van der Waals surface area contributed by atoms with Crippen LogP contribution in [-0.2, 0) is 23.7 Å². The molecule has 0 aromatic rings. The van der Waals surface area contributed by atoms with Crippen LogP contribution in [0.5, 0.6) is 0 Å². The molecule has 0 saturated carbocycles. The molecule has 0 aliphatic rings. The van der Waals surface area contributed by atoms with Gasteiger partial charge in [-0.3, -0.25) is 0 Å². The Kier molecular flexibility index (Phi) is 20.8. The number of hydrogen-bond donors (Lipinski definition) is 0. The van der Waals surface area contributed by atoms with E-state index in [1.807, 2.05) is 0 Å². The summed E-state index contributed by atoms with van der Waals surface area (Å²) in [6.07, 6.45) is -0.0714. The van der Waals surface area contributed by atoms with Gasteiger partial charge in [0.1, 0.15) is 6.54 Å². The minimum atomic E-state index is -1.10. The van der Waals surface area contributed by atoms with E-state index in [1.54, 1.807) is 7.11 Å². The zero-order valence-corrected chi connectivity index (χ0v) is 16.9. The highest BCUT2D eigenvalue weighted by molar-refractivity contribution is 5.64. The Morgan fingerprint density at radius 1 is 0.800 bits per heavy atom. The number of likely N-dealkylation sites (N-methyl/N-ethyl adjacent to an activating group) is 1. The summed E-state index contributed by atoms with van der Waals surface area (Å²) in [5.41, 5.74) is 0. The fourth-order valence-corrected chi connectivity index (χ4v) is 2.17. The van der Waals surface area contributed by atoms with E-state index in [2.05, 4.69) is 27.7 Å². The van der Waals surface area contributed by atoms with Crippen LogP contribution in [0, 0.1) is 0 Å². The molecule has 7 heteroatoms. The predicted molar refractivity (Wildman–Crippen MR) is 96.4 cm³/mol. The van der Waals surface area contributed by atoms with Crippen molar-refractivity contribution in [1.82, 2.24) is 0 Å². The number of methoxy groups -OCH3 is 1. The lowest BCUT2D eigenvalue weighted by Crippen LogP contribution is -2.49. The molecule has 0 spiro atoms. The molecule has 0 aliphatic heterocycles. The van der Waals surface area contributed by atoms with Crippen molar-refractivity contribution in [2.24, 2.45) is 0 Å². The Balaban J connectivity index is 0. The van der Waals surface area contributed by atoms with E-state index < -0.39 is 5.97 Å². The van der Waals surface area contributed by atoms with Gasteiger partial charge in [-0.25, -0.2) is 0 Å². The lowest BCUT2D eigenvalue weighted by Gasteiger charge is -2.35. The Bertz CT molecular complexity index is 276. The zero-order chi connectivity index (χ0) is 19.4. The number of carbonyl (C=O) groups is 1. The van der Waals surface area contributed by atoms with Gasteiger partial charge in [0.25, 0.3) is 0 Å². The molecule has 152 valence electrons. The number of hydrogen-bond acceptors (Lipinski definition) is 6. The van der Waals surface area contributed by atoms with Gasteiger partial charge >= 0.3 is 0 Å². The van der Waals surface area contributed by atoms with Crippen LogP contribution in [0.15, 0.2) is 0 Å². The number of carbonyl (C=O) groups excluding carboxylic acids is 1. The molecule has 0 aromatic carbocycles. The largest absolute Gasteiger partial charge is 0.550 e. The fourth-order valence-electron chi connectivity index (χ4n) is 2.17. The summed E-state index contributed by atoms with van der Waals surface area (Å²) in [6.45, 7) is 17.5. The summed E-state index contributed by atoms with van der Waals surface area (Å²) < 4.78 is 21.3. The molecule has 0 heterocycles. The van der Waals surface area contributed by atoms with Crippen molar-refractivity contribution in [1.29, 1.82) is 0 Å². The lowest BCUT2D eigenvalue weighted by atomic mass is 10.3. The molecule has 0 bridgehead atoms. The molecule has 7 nitrogen and oxygen atoms in total. The number of quaternary nitrogens is 1. The number of carboxylic acids is 1. The van der Waals surface area contributed by atoms with Gasteiger partial charge in [-0.15, -0.1) is 0 Å². The molecule has 0 radical (unpaired) electrons. The summed E-state index contributed by atoms with van der Waals surface area (Å²) in [7, 11) is 1.60. The first-order valence-corrected chi connectivity index (χ1v) is 9.28. The second-order valence-corrected chi connectivity index (χ2v) is 5.55. The van der Waals surface area contributed by atoms with Gasteiger partial charge in [0.2, 0.25) is 0 Å². The standard InChI is InChI=1S/C10H24NO.C8H16O5/c1-5-11(6-2,7-3)9-10-12-8-4;1-11-4-5-13-7-6-12-3-2-8(9)10/h5-10H2,1-4H3;2-7H2,1H3,(H,9,10)/q+1;/p-1. The van der Waals surface area contributed by atoms with Crippen molar-refractivity contribution in [3.05, 3.63) is 0 Å². The van der Waals surface area contributed by atoms with Crippen molar-refractivity contribution in [2.45, 2.75) is 34.1 Å². The Morgan fingerprint density at radius 3 is 1.76 bits per heavy atom. The van der Waals surface area contributed by atoms with Crippen LogP contribution >= 0.6 is 0 Å². The summed E-state index contributed by atoms with van der Waals surface area (Å²) >= 11 is 0. The van der Waals surface area contributed by atoms with Crippen molar-refractivity contribution < 1.29 is 33.3 Å². The third-order valence-electron chi connectivity index (χ3n) is 4.18. The molecule has 0 aromatic heterocycles. The first-order chi connectivity index (χ1) is 12.0. The molecule has 0 atom stereocenters. The molecule has 0 fully saturated rings. The summed E-state index contributed by atoms with van der Waals surface area (Å²) in [4.78, 5) is 9.93. The summed E-state index contributed by atoms with van der Waals surface area (Å²) in [5, 5.41) is 9.93. The van der Waals surface area contributed by atoms with Crippen molar-refractivity contribution >= 4 is 5.97 Å². The Morgan fingerprint density at radius 2 is 1.32 bits per heavy atom. The maximum Gasteiger partial charge on any atom is 0.102 e. The second kappa shape index (κ2) is 19.6. The molecule has 25 heavy (non-hydrogen) atoms. The third-order valence-corrected chi connectivity index (χ3v) is 4.18. The normalized spacial score (nSPS) is 11.1. The molecule has 0 N–H and O–H groups in total. The van der Waals surface area contributed by atoms with Gasteiger partial charge in [0.15, 0.2) is 0 Å². The van der Waals surface area contributed by atoms with E-state index in [4.69, 9.17) is 18.9 Å². The van der Waals surface area contributed by atoms with Crippen molar-refractivity contribution in [2.75, 3.05) is 79.5 Å². The monoisotopic (exact) mass is 365 g/mol. The van der Waals surface area contributed by atoms with Crippen molar-refractivity contribution in [3.63, 3.8) is 0 Å². The Labute approximate surface area is 153 Å². The van der Waals surface area contributed by atoms with E-state index in [0.29, 0.717) is 26.4 Å². The average molecular weight is 366 g/mol. The van der Waals surface area contributed by atoms with Crippen LogP contribution in [-0.4, -0.2) is 90.0 Å². The summed E-state index contributed by atoms with van der Waals surface area (Å²) in [5.74, 6) is -1.10. The van der Waals surface area contributed by atoms with E-state index in [1.165, 1.54) is 24.1 Å². The van der Waals surface area contributed by atoms with Gasteiger partial charge in [-0.05, 0) is 27.7 Å². The van der Waals surface area contributed by atoms with Crippen molar-refractivity contribution in [3.8, 4) is 0 Å². The second-order valence-electron chi connectivity index (χ2n) is 5.55. The van der Waals surface area contributed by atoms with E-state index >= 15 is 0 Å². The van der Waals surface area contributed by atoms with Gasteiger partial charge in [-0.1, -0.05) is 0 Å². The molecular weight excluding hydrogens is 326 g/mol. The maximum absolute atomic E-state index is 9.93. The van der Waals surface area contributed by atoms with Gasteiger partial charge in [0.05, 0.1) is 59.3 Å². The smallest absolute Gasteiger partial charge is 0.102 e. The number of nitrogens with zero attached hydrogens (tertiary/aromatic N) is 1. The number of ether oxygens (including phenoxy) is 4. The molecule has 0 rings (SSSR count). The quantitative estimate of drug-likeness (QED) is 0.296. The highest BCUT2D eigenvalue weighted by Crippen LogP contribution is 2.04. The molecule has 0 unspecified atom stereocenters. The van der Waals surface area contributed by atoms with Crippen LogP contribution in [0.1, 0.15) is 34.1 Å². The maximum atomic E-state index is 9.93. The minimum Gasteiger partial charge on any atom is -0.550 e. The lowest BCUT2D eigenvalue weighted by molar-refractivity contribution is -0.923. The van der Waals surface area contributed by atoms with Crippen LogP contribution in [0.25, 0.3) is 0 Å². The number of rotatable bonds is 16. The van der Waals surface area contributed by atoms with Gasteiger partial charge in [0, 0.05) is 26.1 Å². The predicted octanol–water partition coefficient (Wildman–Crippen LogP) is 0.705. The minimum absolute atomic E-state index is 0.0714. The van der Waals surface area contributed by atoms with Crippen LogP contribution < -0.4 is 5.11 Å². The fraction of sp³-hybridized carbons (Fsp3) is 0.944. The number of aliphatic carboxylic acids is 1. The first kappa shape index (κ1) is 26.5. The van der Waals surface area contributed by atoms with E-state index in [0.717, 1.165) is 19.8 Å². The van der Waals surface area contributed by atoms with E-state index in [-0.39, 0.29) is 13.0 Å².